The summed E-state index contributed by atoms with van der Waals surface area (Å²) in [6.45, 7) is -0.506. The van der Waals surface area contributed by atoms with Crippen LogP contribution in [0.1, 0.15) is 27.0 Å². The predicted molar refractivity (Wildman–Crippen MR) is 115 cm³/mol. The van der Waals surface area contributed by atoms with Crippen molar-refractivity contribution in [1.82, 2.24) is 5.32 Å². The summed E-state index contributed by atoms with van der Waals surface area (Å²) in [4.78, 5) is 13.8. The van der Waals surface area contributed by atoms with Gasteiger partial charge in [0.2, 0.25) is 0 Å². The van der Waals surface area contributed by atoms with E-state index in [-0.39, 0.29) is 30.2 Å². The number of alkyl halides is 3. The molecule has 0 aromatic heterocycles. The van der Waals surface area contributed by atoms with Crippen LogP contribution in [-0.2, 0) is 12.7 Å². The van der Waals surface area contributed by atoms with Crippen molar-refractivity contribution in [2.75, 3.05) is 11.6 Å². The lowest BCUT2D eigenvalue weighted by Crippen LogP contribution is -2.43. The minimum Gasteiger partial charge on any atom is -0.457 e. The van der Waals surface area contributed by atoms with Crippen LogP contribution in [0, 0.1) is 17.5 Å². The van der Waals surface area contributed by atoms with Crippen LogP contribution < -0.4 is 20.7 Å². The molecular formula is C23H16F6N4O3. The molecule has 0 spiro atoms. The van der Waals surface area contributed by atoms with E-state index < -0.39 is 57.8 Å². The molecule has 0 bridgehead atoms. The second kappa shape index (κ2) is 9.32. The maximum absolute atomic E-state index is 14.1. The van der Waals surface area contributed by atoms with E-state index >= 15 is 0 Å². The Morgan fingerprint density at radius 1 is 1.11 bits per heavy atom. The molecule has 0 unspecified atom stereocenters. The van der Waals surface area contributed by atoms with Gasteiger partial charge in [-0.2, -0.15) is 13.2 Å². The molecule has 1 amide bonds. The lowest BCUT2D eigenvalue weighted by molar-refractivity contribution is -0.138. The fourth-order valence-electron chi connectivity index (χ4n) is 3.74. The highest BCUT2D eigenvalue weighted by Gasteiger charge is 2.38. The van der Waals surface area contributed by atoms with Crippen LogP contribution in [-0.4, -0.2) is 23.6 Å². The number of amides is 1. The summed E-state index contributed by atoms with van der Waals surface area (Å²) in [6.07, 6.45) is -4.94. The molecule has 7 nitrogen and oxygen atoms in total. The van der Waals surface area contributed by atoms with Crippen molar-refractivity contribution in [2.45, 2.75) is 12.7 Å². The Balaban J connectivity index is 1.70. The van der Waals surface area contributed by atoms with Crippen molar-refractivity contribution in [3.8, 4) is 11.5 Å². The minimum atomic E-state index is -4.94. The molecular weight excluding hydrogens is 494 g/mol. The van der Waals surface area contributed by atoms with Crippen LogP contribution in [0.15, 0.2) is 53.7 Å². The molecule has 0 saturated heterocycles. The fourth-order valence-corrected chi connectivity index (χ4v) is 3.74. The van der Waals surface area contributed by atoms with E-state index in [0.29, 0.717) is 12.1 Å². The molecule has 0 fully saturated rings. The molecule has 3 aromatic rings. The highest BCUT2D eigenvalue weighted by atomic mass is 19.4. The van der Waals surface area contributed by atoms with Gasteiger partial charge in [0.05, 0.1) is 24.5 Å². The van der Waals surface area contributed by atoms with E-state index in [2.05, 4.69) is 10.5 Å². The van der Waals surface area contributed by atoms with E-state index in [0.717, 1.165) is 18.2 Å². The van der Waals surface area contributed by atoms with Gasteiger partial charge in [0.15, 0.2) is 5.84 Å². The number of amidine groups is 1. The molecule has 0 saturated carbocycles. The number of hydrogen-bond acceptors (Lipinski definition) is 5. The van der Waals surface area contributed by atoms with Gasteiger partial charge in [0, 0.05) is 23.3 Å². The monoisotopic (exact) mass is 510 g/mol. The summed E-state index contributed by atoms with van der Waals surface area (Å²) in [5, 5.41) is 13.9. The Hall–Kier alpha value is -4.42. The SMILES string of the molecule is NC(=NO)c1cccc(Oc2ccc3c(c2)C(=O)NCN3Cc2c(F)cc(F)cc2F)c1C(F)(F)F. The maximum Gasteiger partial charge on any atom is 0.420 e. The molecule has 1 aliphatic rings. The van der Waals surface area contributed by atoms with Crippen LogP contribution in [0.25, 0.3) is 0 Å². The number of fused-ring (bicyclic) bond motifs is 1. The van der Waals surface area contributed by atoms with Crippen molar-refractivity contribution in [3.63, 3.8) is 0 Å². The molecule has 1 heterocycles. The number of benzene rings is 3. The zero-order chi connectivity index (χ0) is 26.2. The Kier molecular flexibility index (Phi) is 6.39. The third kappa shape index (κ3) is 4.72. The average molecular weight is 510 g/mol. The number of nitrogens with zero attached hydrogens (tertiary/aromatic N) is 2. The number of halogens is 6. The van der Waals surface area contributed by atoms with Gasteiger partial charge in [-0.1, -0.05) is 17.3 Å². The first-order valence-corrected chi connectivity index (χ1v) is 10.2. The maximum atomic E-state index is 14.1. The van der Waals surface area contributed by atoms with Crippen LogP contribution in [0.4, 0.5) is 32.0 Å². The second-order valence-corrected chi connectivity index (χ2v) is 7.65. The summed E-state index contributed by atoms with van der Waals surface area (Å²) < 4.78 is 88.2. The molecule has 13 heteroatoms. The zero-order valence-electron chi connectivity index (χ0n) is 18.0. The Bertz CT molecular complexity index is 1350. The summed E-state index contributed by atoms with van der Waals surface area (Å²) in [6, 6.07) is 8.03. The third-order valence-electron chi connectivity index (χ3n) is 5.36. The zero-order valence-corrected chi connectivity index (χ0v) is 18.0. The van der Waals surface area contributed by atoms with Gasteiger partial charge in [-0.25, -0.2) is 13.2 Å². The molecule has 0 radical (unpaired) electrons. The fraction of sp³-hybridized carbons (Fsp3) is 0.130. The summed E-state index contributed by atoms with van der Waals surface area (Å²) in [7, 11) is 0. The molecule has 188 valence electrons. The lowest BCUT2D eigenvalue weighted by atomic mass is 10.0. The number of nitrogens with one attached hydrogen (secondary N) is 1. The number of hydrogen-bond donors (Lipinski definition) is 3. The van der Waals surface area contributed by atoms with Crippen LogP contribution in [0.2, 0.25) is 0 Å². The number of anilines is 1. The minimum absolute atomic E-state index is 0.0391. The first-order chi connectivity index (χ1) is 17.0. The van der Waals surface area contributed by atoms with Gasteiger partial charge in [-0.3, -0.25) is 4.79 Å². The molecule has 4 rings (SSSR count). The summed E-state index contributed by atoms with van der Waals surface area (Å²) >= 11 is 0. The lowest BCUT2D eigenvalue weighted by Gasteiger charge is -2.31. The molecule has 4 N–H and O–H groups in total. The molecule has 3 aromatic carbocycles. The van der Waals surface area contributed by atoms with Crippen molar-refractivity contribution < 1.29 is 41.1 Å². The van der Waals surface area contributed by atoms with Gasteiger partial charge >= 0.3 is 6.18 Å². The molecule has 0 aliphatic carbocycles. The number of nitrogens with two attached hydrogens (primary N) is 1. The van der Waals surface area contributed by atoms with Crippen LogP contribution in [0.3, 0.4) is 0 Å². The van der Waals surface area contributed by atoms with Crippen molar-refractivity contribution in [2.24, 2.45) is 10.9 Å². The Labute approximate surface area is 199 Å². The topological polar surface area (TPSA) is 100 Å². The largest absolute Gasteiger partial charge is 0.457 e. The standard InChI is InChI=1S/C23H16F6N4O3/c24-11-6-16(25)15(17(26)7-11)9-33-10-31-22(34)14-8-12(4-5-18(14)33)36-19-3-1-2-13(21(30)32-35)20(19)23(27,28)29/h1-8,35H,9-10H2,(H2,30,32)(H,31,34). The van der Waals surface area contributed by atoms with E-state index in [1.165, 1.54) is 23.1 Å². The van der Waals surface area contributed by atoms with Gasteiger partial charge < -0.3 is 25.9 Å². The van der Waals surface area contributed by atoms with E-state index in [1.807, 2.05) is 0 Å². The first-order valence-electron chi connectivity index (χ1n) is 10.2. The van der Waals surface area contributed by atoms with Crippen LogP contribution >= 0.6 is 0 Å². The number of ether oxygens (including phenoxy) is 1. The van der Waals surface area contributed by atoms with Crippen molar-refractivity contribution in [3.05, 3.63) is 88.2 Å². The first kappa shape index (κ1) is 24.7. The van der Waals surface area contributed by atoms with Crippen molar-refractivity contribution >= 4 is 17.4 Å². The highest BCUT2D eigenvalue weighted by Crippen LogP contribution is 2.41. The Morgan fingerprint density at radius 3 is 2.44 bits per heavy atom. The quantitative estimate of drug-likeness (QED) is 0.152. The van der Waals surface area contributed by atoms with Gasteiger partial charge in [0.25, 0.3) is 5.91 Å². The predicted octanol–water partition coefficient (Wildman–Crippen LogP) is 4.72. The normalized spacial score (nSPS) is 13.9. The second-order valence-electron chi connectivity index (χ2n) is 7.65. The molecule has 1 aliphatic heterocycles. The number of carbonyl (C=O) groups excluding carboxylic acids is 1. The smallest absolute Gasteiger partial charge is 0.420 e. The van der Waals surface area contributed by atoms with Gasteiger partial charge in [-0.05, 0) is 24.3 Å². The highest BCUT2D eigenvalue weighted by molar-refractivity contribution is 6.02. The number of oxime groups is 1. The number of carbonyl (C=O) groups is 1. The van der Waals surface area contributed by atoms with E-state index in [1.54, 1.807) is 0 Å². The molecule has 0 atom stereocenters. The van der Waals surface area contributed by atoms with Gasteiger partial charge in [-0.15, -0.1) is 0 Å². The van der Waals surface area contributed by atoms with E-state index in [9.17, 15) is 31.1 Å². The van der Waals surface area contributed by atoms with Crippen LogP contribution in [0.5, 0.6) is 11.5 Å². The number of rotatable bonds is 5. The van der Waals surface area contributed by atoms with E-state index in [4.69, 9.17) is 15.7 Å². The Morgan fingerprint density at radius 2 is 1.81 bits per heavy atom. The van der Waals surface area contributed by atoms with Gasteiger partial charge in [0.1, 0.15) is 34.5 Å². The van der Waals surface area contributed by atoms with Crippen molar-refractivity contribution in [1.29, 1.82) is 0 Å². The third-order valence-corrected chi connectivity index (χ3v) is 5.36. The average Bonchev–Trinajstić information content (AvgIpc) is 2.81. The summed E-state index contributed by atoms with van der Waals surface area (Å²) in [5.41, 5.74) is 3.21. The molecule has 36 heavy (non-hydrogen) atoms. The summed E-state index contributed by atoms with van der Waals surface area (Å²) in [5.74, 6) is -5.53.